The van der Waals surface area contributed by atoms with Gasteiger partial charge < -0.3 is 14.6 Å². The predicted octanol–water partition coefficient (Wildman–Crippen LogP) is 3.77. The molecule has 7 nitrogen and oxygen atoms in total. The van der Waals surface area contributed by atoms with Gasteiger partial charge in [-0.1, -0.05) is 24.3 Å². The molecule has 4 heterocycles. The van der Waals surface area contributed by atoms with E-state index < -0.39 is 11.4 Å². The van der Waals surface area contributed by atoms with Gasteiger partial charge in [0.25, 0.3) is 0 Å². The highest BCUT2D eigenvalue weighted by Crippen LogP contribution is 2.60. The molecule has 0 radical (unpaired) electrons. The summed E-state index contributed by atoms with van der Waals surface area (Å²) in [6.45, 7) is 6.19. The number of carbonyl (C=O) groups is 2. The van der Waals surface area contributed by atoms with Gasteiger partial charge in [-0.3, -0.25) is 4.79 Å². The average Bonchev–Trinajstić information content (AvgIpc) is 3.39. The number of esters is 1. The number of anilines is 1. The Morgan fingerprint density at radius 3 is 2.93 bits per heavy atom. The Kier molecular flexibility index (Phi) is 4.12. The number of nitrogens with zero attached hydrogens (tertiary/aromatic N) is 3. The minimum Gasteiger partial charge on any atom is -0.461 e. The van der Waals surface area contributed by atoms with Gasteiger partial charge in [0.15, 0.2) is 10.8 Å². The summed E-state index contributed by atoms with van der Waals surface area (Å²) in [6.07, 6.45) is 4.41. The molecule has 1 aliphatic carbocycles. The number of rotatable bonds is 4. The lowest BCUT2D eigenvalue weighted by atomic mass is 9.55. The van der Waals surface area contributed by atoms with Crippen LogP contribution in [0, 0.1) is 5.41 Å². The SMILES string of the molecule is CCOC(=O)c1csc(NC(=O)C2(C)CC3(C)c4ccccc4C2n2ccnc23)n1. The van der Waals surface area contributed by atoms with Gasteiger partial charge in [-0.25, -0.2) is 14.8 Å². The summed E-state index contributed by atoms with van der Waals surface area (Å²) in [5.41, 5.74) is 1.53. The van der Waals surface area contributed by atoms with Crippen LogP contribution in [0.1, 0.15) is 60.7 Å². The lowest BCUT2D eigenvalue weighted by molar-refractivity contribution is -0.129. The minimum absolute atomic E-state index is 0.114. The molecule has 8 heteroatoms. The van der Waals surface area contributed by atoms with E-state index in [-0.39, 0.29) is 29.7 Å². The maximum atomic E-state index is 13.6. The smallest absolute Gasteiger partial charge is 0.357 e. The summed E-state index contributed by atoms with van der Waals surface area (Å²) in [7, 11) is 0. The van der Waals surface area contributed by atoms with Crippen LogP contribution < -0.4 is 5.32 Å². The molecule has 0 saturated heterocycles. The highest BCUT2D eigenvalue weighted by Gasteiger charge is 2.59. The monoisotopic (exact) mass is 422 g/mol. The molecule has 6 rings (SSSR count). The minimum atomic E-state index is -0.702. The van der Waals surface area contributed by atoms with Gasteiger partial charge in [0.2, 0.25) is 5.91 Å². The van der Waals surface area contributed by atoms with E-state index in [0.29, 0.717) is 11.6 Å². The zero-order valence-electron chi connectivity index (χ0n) is 17.0. The van der Waals surface area contributed by atoms with E-state index in [1.807, 2.05) is 31.5 Å². The Labute approximate surface area is 178 Å². The highest BCUT2D eigenvalue weighted by molar-refractivity contribution is 7.14. The van der Waals surface area contributed by atoms with Crippen LogP contribution in [0.15, 0.2) is 42.0 Å². The van der Waals surface area contributed by atoms with E-state index in [4.69, 9.17) is 4.74 Å². The third-order valence-corrected chi connectivity index (χ3v) is 7.10. The van der Waals surface area contributed by atoms with Gasteiger partial charge in [0, 0.05) is 17.8 Å². The second-order valence-electron chi connectivity index (χ2n) is 8.29. The molecule has 1 amide bonds. The lowest BCUT2D eigenvalue weighted by Gasteiger charge is -2.54. The number of nitrogens with one attached hydrogen (secondary N) is 1. The molecular weight excluding hydrogens is 400 g/mol. The maximum absolute atomic E-state index is 13.6. The summed E-state index contributed by atoms with van der Waals surface area (Å²) >= 11 is 1.22. The number of hydrogen-bond donors (Lipinski definition) is 1. The molecule has 1 aromatic carbocycles. The van der Waals surface area contributed by atoms with Crippen molar-refractivity contribution >= 4 is 28.3 Å². The van der Waals surface area contributed by atoms with Crippen molar-refractivity contribution in [2.45, 2.75) is 38.6 Å². The van der Waals surface area contributed by atoms with Gasteiger partial charge in [-0.15, -0.1) is 11.3 Å². The van der Waals surface area contributed by atoms with Crippen molar-refractivity contribution in [2.24, 2.45) is 5.41 Å². The van der Waals surface area contributed by atoms with Gasteiger partial charge >= 0.3 is 5.97 Å². The van der Waals surface area contributed by atoms with Crippen LogP contribution in [0.25, 0.3) is 0 Å². The molecule has 0 spiro atoms. The number of aromatic nitrogens is 3. The van der Waals surface area contributed by atoms with Gasteiger partial charge in [-0.2, -0.15) is 0 Å². The zero-order chi connectivity index (χ0) is 21.1. The number of ether oxygens (including phenoxy) is 1. The fraction of sp³-hybridized carbons (Fsp3) is 0.364. The molecule has 2 bridgehead atoms. The molecule has 3 atom stereocenters. The van der Waals surface area contributed by atoms with Crippen LogP contribution in [0.5, 0.6) is 0 Å². The first-order valence-electron chi connectivity index (χ1n) is 9.95. The number of carbonyl (C=O) groups excluding carboxylic acids is 2. The van der Waals surface area contributed by atoms with Crippen molar-refractivity contribution in [3.63, 3.8) is 0 Å². The van der Waals surface area contributed by atoms with E-state index in [9.17, 15) is 9.59 Å². The standard InChI is InChI=1S/C22H22N4O3S/c1-4-29-17(27)15-11-30-20(24-15)25-19(28)22(3)12-21(2)14-8-6-5-7-13(14)16(22)26-10-9-23-18(21)26/h5-11,16H,4,12H2,1-3H3,(H,24,25,28). The third kappa shape index (κ3) is 2.49. The Bertz CT molecular complexity index is 1170. The van der Waals surface area contributed by atoms with Crippen LogP contribution in [-0.4, -0.2) is 33.0 Å². The summed E-state index contributed by atoms with van der Waals surface area (Å²) < 4.78 is 7.12. The molecular formula is C22H22N4O3S. The first-order chi connectivity index (χ1) is 14.4. The number of hydrogen-bond acceptors (Lipinski definition) is 6. The fourth-order valence-corrected chi connectivity index (χ4v) is 5.86. The van der Waals surface area contributed by atoms with Crippen LogP contribution >= 0.6 is 11.3 Å². The quantitative estimate of drug-likeness (QED) is 0.647. The van der Waals surface area contributed by atoms with Crippen molar-refractivity contribution in [1.82, 2.24) is 14.5 Å². The normalized spacial score (nSPS) is 26.0. The summed E-state index contributed by atoms with van der Waals surface area (Å²) in [5, 5.41) is 4.96. The predicted molar refractivity (Wildman–Crippen MR) is 113 cm³/mol. The molecule has 154 valence electrons. The van der Waals surface area contributed by atoms with Crippen LogP contribution in [-0.2, 0) is 14.9 Å². The number of amides is 1. The van der Waals surface area contributed by atoms with E-state index in [1.54, 1.807) is 12.3 Å². The largest absolute Gasteiger partial charge is 0.461 e. The van der Waals surface area contributed by atoms with E-state index >= 15 is 0 Å². The zero-order valence-corrected chi connectivity index (χ0v) is 17.8. The molecule has 3 aliphatic rings. The third-order valence-electron chi connectivity index (χ3n) is 6.34. The summed E-state index contributed by atoms with van der Waals surface area (Å²) in [6, 6.07) is 8.16. The van der Waals surface area contributed by atoms with E-state index in [1.165, 1.54) is 16.9 Å². The maximum Gasteiger partial charge on any atom is 0.357 e. The van der Waals surface area contributed by atoms with Crippen LogP contribution in [0.2, 0.25) is 0 Å². The first kappa shape index (κ1) is 19.0. The Hall–Kier alpha value is -3.00. The van der Waals surface area contributed by atoms with Crippen molar-refractivity contribution in [3.05, 3.63) is 64.7 Å². The average molecular weight is 423 g/mol. The molecule has 0 fully saturated rings. The highest BCUT2D eigenvalue weighted by atomic mass is 32.1. The van der Waals surface area contributed by atoms with Gasteiger partial charge in [0.1, 0.15) is 5.82 Å². The Morgan fingerprint density at radius 2 is 2.13 bits per heavy atom. The molecule has 3 unspecified atom stereocenters. The van der Waals surface area contributed by atoms with Gasteiger partial charge in [-0.05, 0) is 38.3 Å². The van der Waals surface area contributed by atoms with E-state index in [2.05, 4.69) is 38.9 Å². The van der Waals surface area contributed by atoms with Crippen molar-refractivity contribution < 1.29 is 14.3 Å². The van der Waals surface area contributed by atoms with Crippen LogP contribution in [0.3, 0.4) is 0 Å². The van der Waals surface area contributed by atoms with Crippen molar-refractivity contribution in [3.8, 4) is 0 Å². The van der Waals surface area contributed by atoms with Crippen LogP contribution in [0.4, 0.5) is 5.13 Å². The Morgan fingerprint density at radius 1 is 1.33 bits per heavy atom. The van der Waals surface area contributed by atoms with Gasteiger partial charge in [0.05, 0.1) is 23.5 Å². The molecule has 2 aromatic heterocycles. The number of imidazole rings is 1. The number of thiazole rings is 1. The van der Waals surface area contributed by atoms with Crippen molar-refractivity contribution in [2.75, 3.05) is 11.9 Å². The number of fused-ring (bicyclic) bond motifs is 1. The molecule has 2 aliphatic heterocycles. The van der Waals surface area contributed by atoms with E-state index in [0.717, 1.165) is 11.4 Å². The fourth-order valence-electron chi connectivity index (χ4n) is 5.19. The topological polar surface area (TPSA) is 86.1 Å². The second kappa shape index (κ2) is 6.50. The molecule has 1 N–H and O–H groups in total. The first-order valence-corrected chi connectivity index (χ1v) is 10.8. The summed E-state index contributed by atoms with van der Waals surface area (Å²) in [5.74, 6) is 0.398. The Balaban J connectivity index is 1.51. The number of benzene rings is 1. The second-order valence-corrected chi connectivity index (χ2v) is 9.14. The molecule has 30 heavy (non-hydrogen) atoms. The molecule has 3 aromatic rings. The lowest BCUT2D eigenvalue weighted by Crippen LogP contribution is -2.55. The van der Waals surface area contributed by atoms with Crippen molar-refractivity contribution in [1.29, 1.82) is 0 Å². The molecule has 0 saturated carbocycles. The summed E-state index contributed by atoms with van der Waals surface area (Å²) in [4.78, 5) is 34.3.